The van der Waals surface area contributed by atoms with Gasteiger partial charge in [0.05, 0.1) is 5.52 Å². The van der Waals surface area contributed by atoms with E-state index < -0.39 is 0 Å². The third kappa shape index (κ3) is 3.45. The largest absolute Gasteiger partial charge is 0.384 e. The van der Waals surface area contributed by atoms with Crippen molar-refractivity contribution in [2.45, 2.75) is 13.8 Å². The first-order chi connectivity index (χ1) is 13.5. The summed E-state index contributed by atoms with van der Waals surface area (Å²) in [5.74, 6) is 0.859. The lowest BCUT2D eigenvalue weighted by molar-refractivity contribution is 1.34. The standard InChI is InChI=1S/C24H22N4/c1-15-5-3-4-6-20(15)18-9-12-21-16(2)13-23(28-22(21)14-18)27-19-10-7-17(8-11-19)24(25)26/h3-14H,1-2H3,(H3,25,26)(H,27,28). The van der Waals surface area contributed by atoms with Crippen LogP contribution in [-0.4, -0.2) is 10.8 Å². The molecule has 4 heteroatoms. The molecule has 0 atom stereocenters. The molecule has 0 fully saturated rings. The maximum atomic E-state index is 7.50. The highest BCUT2D eigenvalue weighted by Crippen LogP contribution is 2.29. The summed E-state index contributed by atoms with van der Waals surface area (Å²) in [4.78, 5) is 4.83. The van der Waals surface area contributed by atoms with Gasteiger partial charge in [0.25, 0.3) is 0 Å². The Balaban J connectivity index is 1.72. The SMILES string of the molecule is Cc1ccccc1-c1ccc2c(C)cc(Nc3ccc(C(=N)N)cc3)nc2c1. The second-order valence-electron chi connectivity index (χ2n) is 6.99. The molecular formula is C24H22N4. The van der Waals surface area contributed by atoms with Gasteiger partial charge in [0.1, 0.15) is 11.7 Å². The molecule has 0 amide bonds. The number of fused-ring (bicyclic) bond motifs is 1. The Hall–Kier alpha value is -3.66. The summed E-state index contributed by atoms with van der Waals surface area (Å²) in [5.41, 5.74) is 12.9. The third-order valence-corrected chi connectivity index (χ3v) is 4.94. The Morgan fingerprint density at radius 1 is 0.893 bits per heavy atom. The summed E-state index contributed by atoms with van der Waals surface area (Å²) in [6.07, 6.45) is 0. The quantitative estimate of drug-likeness (QED) is 0.327. The number of hydrogen-bond donors (Lipinski definition) is 3. The predicted octanol–water partition coefficient (Wildman–Crippen LogP) is 5.55. The Labute approximate surface area is 164 Å². The zero-order valence-electron chi connectivity index (χ0n) is 16.0. The van der Waals surface area contributed by atoms with Crippen molar-refractivity contribution in [2.24, 2.45) is 5.73 Å². The maximum absolute atomic E-state index is 7.50. The van der Waals surface area contributed by atoms with Crippen LogP contribution in [-0.2, 0) is 0 Å². The minimum atomic E-state index is 0.0648. The zero-order chi connectivity index (χ0) is 19.7. The molecule has 0 aliphatic rings. The summed E-state index contributed by atoms with van der Waals surface area (Å²) in [6.45, 7) is 4.22. The van der Waals surface area contributed by atoms with Crippen LogP contribution >= 0.6 is 0 Å². The Bertz CT molecular complexity index is 1180. The lowest BCUT2D eigenvalue weighted by atomic mass is 9.98. The molecule has 4 aromatic rings. The van der Waals surface area contributed by atoms with Crippen LogP contribution in [0, 0.1) is 19.3 Å². The minimum absolute atomic E-state index is 0.0648. The van der Waals surface area contributed by atoms with Gasteiger partial charge in [0.15, 0.2) is 0 Å². The van der Waals surface area contributed by atoms with Crippen LogP contribution in [0.4, 0.5) is 11.5 Å². The lowest BCUT2D eigenvalue weighted by Gasteiger charge is -2.12. The predicted molar refractivity (Wildman–Crippen MR) is 117 cm³/mol. The molecule has 1 aromatic heterocycles. The smallest absolute Gasteiger partial charge is 0.131 e. The molecule has 4 rings (SSSR count). The van der Waals surface area contributed by atoms with Gasteiger partial charge < -0.3 is 11.1 Å². The highest BCUT2D eigenvalue weighted by Gasteiger charge is 2.07. The van der Waals surface area contributed by atoms with Gasteiger partial charge in [0.2, 0.25) is 0 Å². The van der Waals surface area contributed by atoms with Gasteiger partial charge in [0, 0.05) is 16.6 Å². The fraction of sp³-hybridized carbons (Fsp3) is 0.0833. The van der Waals surface area contributed by atoms with E-state index in [0.717, 1.165) is 22.4 Å². The summed E-state index contributed by atoms with van der Waals surface area (Å²) in [5, 5.41) is 12.0. The van der Waals surface area contributed by atoms with Gasteiger partial charge in [-0.3, -0.25) is 5.41 Å². The molecule has 0 saturated carbocycles. The number of nitrogens with zero attached hydrogens (tertiary/aromatic N) is 1. The molecule has 0 aliphatic heterocycles. The van der Waals surface area contributed by atoms with Crippen LogP contribution in [0.5, 0.6) is 0 Å². The van der Waals surface area contributed by atoms with Crippen molar-refractivity contribution in [1.82, 2.24) is 4.98 Å². The Morgan fingerprint density at radius 3 is 2.36 bits per heavy atom. The Morgan fingerprint density at radius 2 is 1.64 bits per heavy atom. The average molecular weight is 366 g/mol. The highest BCUT2D eigenvalue weighted by atomic mass is 15.0. The summed E-state index contributed by atoms with van der Waals surface area (Å²) in [6, 6.07) is 24.4. The molecule has 138 valence electrons. The molecule has 0 saturated heterocycles. The van der Waals surface area contributed by atoms with Crippen LogP contribution in [0.1, 0.15) is 16.7 Å². The number of anilines is 2. The normalized spacial score (nSPS) is 10.8. The van der Waals surface area contributed by atoms with Crippen LogP contribution in [0.25, 0.3) is 22.0 Å². The van der Waals surface area contributed by atoms with Crippen LogP contribution in [0.15, 0.2) is 72.8 Å². The molecule has 4 N–H and O–H groups in total. The second kappa shape index (κ2) is 7.16. The molecule has 3 aromatic carbocycles. The van der Waals surface area contributed by atoms with Crippen molar-refractivity contribution in [3.63, 3.8) is 0 Å². The number of benzene rings is 3. The van der Waals surface area contributed by atoms with E-state index in [-0.39, 0.29) is 5.84 Å². The number of rotatable bonds is 4. The molecule has 0 radical (unpaired) electrons. The first kappa shape index (κ1) is 17.7. The molecule has 28 heavy (non-hydrogen) atoms. The molecular weight excluding hydrogens is 344 g/mol. The number of pyridine rings is 1. The molecule has 0 unspecified atom stereocenters. The molecule has 0 bridgehead atoms. The second-order valence-corrected chi connectivity index (χ2v) is 6.99. The Kier molecular flexibility index (Phi) is 4.53. The first-order valence-corrected chi connectivity index (χ1v) is 9.20. The molecule has 4 nitrogen and oxygen atoms in total. The van der Waals surface area contributed by atoms with Crippen molar-refractivity contribution in [3.05, 3.63) is 89.5 Å². The van der Waals surface area contributed by atoms with E-state index >= 15 is 0 Å². The van der Waals surface area contributed by atoms with Crippen molar-refractivity contribution < 1.29 is 0 Å². The average Bonchev–Trinajstić information content (AvgIpc) is 2.68. The van der Waals surface area contributed by atoms with Crippen molar-refractivity contribution in [3.8, 4) is 11.1 Å². The van der Waals surface area contributed by atoms with E-state index in [9.17, 15) is 0 Å². The number of aromatic nitrogens is 1. The van der Waals surface area contributed by atoms with Crippen LogP contribution in [0.2, 0.25) is 0 Å². The number of hydrogen-bond acceptors (Lipinski definition) is 3. The summed E-state index contributed by atoms with van der Waals surface area (Å²) >= 11 is 0. The van der Waals surface area contributed by atoms with E-state index in [1.807, 2.05) is 24.3 Å². The topological polar surface area (TPSA) is 74.8 Å². The fourth-order valence-electron chi connectivity index (χ4n) is 3.41. The van der Waals surface area contributed by atoms with E-state index in [1.165, 1.54) is 22.3 Å². The minimum Gasteiger partial charge on any atom is -0.384 e. The van der Waals surface area contributed by atoms with E-state index in [1.54, 1.807) is 0 Å². The molecule has 0 aliphatic carbocycles. The monoisotopic (exact) mass is 366 g/mol. The number of amidine groups is 1. The van der Waals surface area contributed by atoms with Gasteiger partial charge in [-0.15, -0.1) is 0 Å². The fourth-order valence-corrected chi connectivity index (χ4v) is 3.41. The summed E-state index contributed by atoms with van der Waals surface area (Å²) < 4.78 is 0. The lowest BCUT2D eigenvalue weighted by Crippen LogP contribution is -2.10. The van der Waals surface area contributed by atoms with Crippen LogP contribution in [0.3, 0.4) is 0 Å². The van der Waals surface area contributed by atoms with Crippen molar-refractivity contribution in [1.29, 1.82) is 5.41 Å². The zero-order valence-corrected chi connectivity index (χ0v) is 16.0. The van der Waals surface area contributed by atoms with Crippen molar-refractivity contribution >= 4 is 28.2 Å². The number of nitrogen functional groups attached to an aromatic ring is 1. The van der Waals surface area contributed by atoms with Gasteiger partial charge >= 0.3 is 0 Å². The van der Waals surface area contributed by atoms with Crippen LogP contribution < -0.4 is 11.1 Å². The maximum Gasteiger partial charge on any atom is 0.131 e. The van der Waals surface area contributed by atoms with Crippen molar-refractivity contribution in [2.75, 3.05) is 5.32 Å². The molecule has 1 heterocycles. The van der Waals surface area contributed by atoms with E-state index in [4.69, 9.17) is 16.1 Å². The van der Waals surface area contributed by atoms with E-state index in [0.29, 0.717) is 5.56 Å². The first-order valence-electron chi connectivity index (χ1n) is 9.20. The summed E-state index contributed by atoms with van der Waals surface area (Å²) in [7, 11) is 0. The highest BCUT2D eigenvalue weighted by molar-refractivity contribution is 5.95. The van der Waals surface area contributed by atoms with Gasteiger partial charge in [-0.1, -0.05) is 36.4 Å². The van der Waals surface area contributed by atoms with E-state index in [2.05, 4.69) is 67.7 Å². The van der Waals surface area contributed by atoms with Gasteiger partial charge in [-0.25, -0.2) is 4.98 Å². The number of aryl methyl sites for hydroxylation is 2. The third-order valence-electron chi connectivity index (χ3n) is 4.94. The van der Waals surface area contributed by atoms with Gasteiger partial charge in [-0.05, 0) is 72.5 Å². The molecule has 0 spiro atoms. The number of nitrogens with one attached hydrogen (secondary N) is 2. The number of nitrogens with two attached hydrogens (primary N) is 1. The van der Waals surface area contributed by atoms with Gasteiger partial charge in [-0.2, -0.15) is 0 Å².